The van der Waals surface area contributed by atoms with Gasteiger partial charge in [-0.1, -0.05) is 36.4 Å². The first-order valence-corrected chi connectivity index (χ1v) is 7.71. The van der Waals surface area contributed by atoms with Crippen LogP contribution in [0.1, 0.15) is 16.7 Å². The van der Waals surface area contributed by atoms with Gasteiger partial charge >= 0.3 is 0 Å². The molecule has 0 aromatic heterocycles. The Morgan fingerprint density at radius 2 is 1.87 bits per heavy atom. The summed E-state index contributed by atoms with van der Waals surface area (Å²) in [5.41, 5.74) is 2.86. The molecule has 0 unspecified atom stereocenters. The Labute approximate surface area is 137 Å². The molecule has 0 aliphatic carbocycles. The number of rotatable bonds is 8. The summed E-state index contributed by atoms with van der Waals surface area (Å²) in [4.78, 5) is 2.19. The van der Waals surface area contributed by atoms with E-state index in [2.05, 4.69) is 23.1 Å². The second-order valence-electron chi connectivity index (χ2n) is 5.38. The number of benzene rings is 2. The molecule has 0 aliphatic heterocycles. The van der Waals surface area contributed by atoms with Crippen LogP contribution in [0.25, 0.3) is 0 Å². The fraction of sp³-hybridized carbons (Fsp3) is 0.316. The standard InChI is InChI=1S/C19H22N2O2/c1-23-19-8-7-17(13-18(19)14-20)15-21(11-12-22)10-9-16-5-3-2-4-6-16/h2-8,13,22H,9-12,15H2,1H3. The summed E-state index contributed by atoms with van der Waals surface area (Å²) in [6.45, 7) is 2.29. The maximum Gasteiger partial charge on any atom is 0.136 e. The van der Waals surface area contributed by atoms with Crippen molar-refractivity contribution in [2.24, 2.45) is 0 Å². The highest BCUT2D eigenvalue weighted by Crippen LogP contribution is 2.19. The third-order valence-electron chi connectivity index (χ3n) is 3.77. The number of nitrogens with zero attached hydrogens (tertiary/aromatic N) is 2. The van der Waals surface area contributed by atoms with Gasteiger partial charge in [-0.3, -0.25) is 4.90 Å². The Morgan fingerprint density at radius 3 is 2.52 bits per heavy atom. The summed E-state index contributed by atoms with van der Waals surface area (Å²) in [5.74, 6) is 0.592. The summed E-state index contributed by atoms with van der Waals surface area (Å²) < 4.78 is 5.17. The fourth-order valence-corrected chi connectivity index (χ4v) is 2.54. The molecule has 0 radical (unpaired) electrons. The predicted molar refractivity (Wildman–Crippen MR) is 90.2 cm³/mol. The number of aliphatic hydroxyl groups is 1. The Morgan fingerprint density at radius 1 is 1.09 bits per heavy atom. The Balaban J connectivity index is 2.02. The summed E-state index contributed by atoms with van der Waals surface area (Å²) >= 11 is 0. The van der Waals surface area contributed by atoms with Crippen LogP contribution in [0.15, 0.2) is 48.5 Å². The van der Waals surface area contributed by atoms with Gasteiger partial charge in [0.1, 0.15) is 11.8 Å². The minimum Gasteiger partial charge on any atom is -0.495 e. The number of nitriles is 1. The van der Waals surface area contributed by atoms with Gasteiger partial charge in [0.25, 0.3) is 0 Å². The van der Waals surface area contributed by atoms with E-state index in [1.165, 1.54) is 5.56 Å². The molecule has 23 heavy (non-hydrogen) atoms. The number of ether oxygens (including phenoxy) is 1. The quantitative estimate of drug-likeness (QED) is 0.814. The van der Waals surface area contributed by atoms with Crippen molar-refractivity contribution in [1.29, 1.82) is 5.26 Å². The largest absolute Gasteiger partial charge is 0.495 e. The first-order valence-electron chi connectivity index (χ1n) is 7.71. The zero-order chi connectivity index (χ0) is 16.5. The summed E-state index contributed by atoms with van der Waals surface area (Å²) in [6.07, 6.45) is 0.933. The Bertz CT molecular complexity index is 650. The molecular formula is C19H22N2O2. The average Bonchev–Trinajstić information content (AvgIpc) is 2.60. The Kier molecular flexibility index (Phi) is 6.61. The van der Waals surface area contributed by atoms with Gasteiger partial charge < -0.3 is 9.84 Å². The summed E-state index contributed by atoms with van der Waals surface area (Å²) in [5, 5.41) is 18.5. The van der Waals surface area contributed by atoms with E-state index in [4.69, 9.17) is 4.74 Å². The van der Waals surface area contributed by atoms with Crippen LogP contribution in [-0.2, 0) is 13.0 Å². The molecule has 120 valence electrons. The lowest BCUT2D eigenvalue weighted by Crippen LogP contribution is -2.28. The lowest BCUT2D eigenvalue weighted by molar-refractivity contribution is 0.191. The van der Waals surface area contributed by atoms with E-state index >= 15 is 0 Å². The van der Waals surface area contributed by atoms with Gasteiger partial charge in [0.05, 0.1) is 19.3 Å². The topological polar surface area (TPSA) is 56.5 Å². The van der Waals surface area contributed by atoms with E-state index in [0.717, 1.165) is 18.5 Å². The normalized spacial score (nSPS) is 10.5. The van der Waals surface area contributed by atoms with E-state index in [0.29, 0.717) is 24.4 Å². The number of hydrogen-bond acceptors (Lipinski definition) is 4. The number of aliphatic hydroxyl groups excluding tert-OH is 1. The van der Waals surface area contributed by atoms with Gasteiger partial charge in [-0.15, -0.1) is 0 Å². The van der Waals surface area contributed by atoms with Gasteiger partial charge in [0, 0.05) is 19.6 Å². The zero-order valence-electron chi connectivity index (χ0n) is 13.4. The number of hydrogen-bond donors (Lipinski definition) is 1. The molecule has 1 N–H and O–H groups in total. The van der Waals surface area contributed by atoms with Crippen molar-refractivity contribution in [3.63, 3.8) is 0 Å². The van der Waals surface area contributed by atoms with E-state index < -0.39 is 0 Å². The molecule has 0 atom stereocenters. The first-order chi connectivity index (χ1) is 11.3. The van der Waals surface area contributed by atoms with Crippen LogP contribution < -0.4 is 4.74 Å². The molecule has 2 aromatic carbocycles. The van der Waals surface area contributed by atoms with Crippen molar-refractivity contribution >= 4 is 0 Å². The molecule has 2 rings (SSSR count). The van der Waals surface area contributed by atoms with Crippen LogP contribution in [-0.4, -0.2) is 36.8 Å². The first kappa shape index (κ1) is 17.0. The second-order valence-corrected chi connectivity index (χ2v) is 5.38. The van der Waals surface area contributed by atoms with Crippen molar-refractivity contribution in [3.8, 4) is 11.8 Å². The highest BCUT2D eigenvalue weighted by Gasteiger charge is 2.09. The molecule has 0 saturated carbocycles. The van der Waals surface area contributed by atoms with Crippen LogP contribution in [0, 0.1) is 11.3 Å². The molecule has 0 saturated heterocycles. The van der Waals surface area contributed by atoms with Gasteiger partial charge in [-0.05, 0) is 29.7 Å². The van der Waals surface area contributed by atoms with Crippen molar-refractivity contribution in [2.45, 2.75) is 13.0 Å². The molecule has 0 fully saturated rings. The SMILES string of the molecule is COc1ccc(CN(CCO)CCc2ccccc2)cc1C#N. The molecule has 4 nitrogen and oxygen atoms in total. The highest BCUT2D eigenvalue weighted by atomic mass is 16.5. The zero-order valence-corrected chi connectivity index (χ0v) is 13.4. The number of methoxy groups -OCH3 is 1. The smallest absolute Gasteiger partial charge is 0.136 e. The van der Waals surface area contributed by atoms with Crippen LogP contribution in [0.5, 0.6) is 5.75 Å². The third kappa shape index (κ3) is 5.10. The van der Waals surface area contributed by atoms with Gasteiger partial charge in [-0.25, -0.2) is 0 Å². The lowest BCUT2D eigenvalue weighted by Gasteiger charge is -2.21. The van der Waals surface area contributed by atoms with Crippen LogP contribution in [0.2, 0.25) is 0 Å². The average molecular weight is 310 g/mol. The van der Waals surface area contributed by atoms with Crippen LogP contribution in [0.4, 0.5) is 0 Å². The summed E-state index contributed by atoms with van der Waals surface area (Å²) in [6, 6.07) is 18.1. The molecule has 0 bridgehead atoms. The molecular weight excluding hydrogens is 288 g/mol. The molecule has 0 heterocycles. The third-order valence-corrected chi connectivity index (χ3v) is 3.77. The van der Waals surface area contributed by atoms with Gasteiger partial charge in [-0.2, -0.15) is 5.26 Å². The van der Waals surface area contributed by atoms with Crippen molar-refractivity contribution in [1.82, 2.24) is 4.90 Å². The van der Waals surface area contributed by atoms with Gasteiger partial charge in [0.15, 0.2) is 0 Å². The van der Waals surface area contributed by atoms with Crippen molar-refractivity contribution in [3.05, 3.63) is 65.2 Å². The van der Waals surface area contributed by atoms with E-state index in [1.807, 2.05) is 36.4 Å². The van der Waals surface area contributed by atoms with E-state index in [1.54, 1.807) is 7.11 Å². The monoisotopic (exact) mass is 310 g/mol. The van der Waals surface area contributed by atoms with Crippen LogP contribution >= 0.6 is 0 Å². The minimum absolute atomic E-state index is 0.121. The van der Waals surface area contributed by atoms with Crippen molar-refractivity contribution < 1.29 is 9.84 Å². The maximum absolute atomic E-state index is 9.28. The van der Waals surface area contributed by atoms with Crippen LogP contribution in [0.3, 0.4) is 0 Å². The fourth-order valence-electron chi connectivity index (χ4n) is 2.54. The Hall–Kier alpha value is -2.35. The predicted octanol–water partition coefficient (Wildman–Crippen LogP) is 2.60. The van der Waals surface area contributed by atoms with Gasteiger partial charge in [0.2, 0.25) is 0 Å². The minimum atomic E-state index is 0.121. The van der Waals surface area contributed by atoms with Crippen molar-refractivity contribution in [2.75, 3.05) is 26.8 Å². The second kappa shape index (κ2) is 8.94. The molecule has 2 aromatic rings. The maximum atomic E-state index is 9.28. The molecule has 0 amide bonds. The molecule has 0 aliphatic rings. The highest BCUT2D eigenvalue weighted by molar-refractivity contribution is 5.45. The van der Waals surface area contributed by atoms with E-state index in [9.17, 15) is 10.4 Å². The lowest BCUT2D eigenvalue weighted by atomic mass is 10.1. The molecule has 4 heteroatoms. The van der Waals surface area contributed by atoms with E-state index in [-0.39, 0.29) is 6.61 Å². The molecule has 0 spiro atoms. The summed E-state index contributed by atoms with van der Waals surface area (Å²) in [7, 11) is 1.56.